The molecule has 1 fully saturated rings. The zero-order valence-electron chi connectivity index (χ0n) is 19.3. The molecule has 0 spiro atoms. The number of rotatable bonds is 4. The van der Waals surface area contributed by atoms with Crippen LogP contribution in [0.4, 0.5) is 4.39 Å². The predicted octanol–water partition coefficient (Wildman–Crippen LogP) is 3.87. The molecule has 8 nitrogen and oxygen atoms in total. The minimum Gasteiger partial charge on any atom is -0.454 e. The molecule has 1 amide bonds. The smallest absolute Gasteiger partial charge is 0.251 e. The van der Waals surface area contributed by atoms with Crippen molar-refractivity contribution >= 4 is 26.6 Å². The van der Waals surface area contributed by atoms with Crippen molar-refractivity contribution in [3.63, 3.8) is 0 Å². The standard InChI is InChI=1S/C26H22FN3O5S/c1-26(10-11-36(32,33)14-26)28-25(31)17-2-8-20-21(12-17)30(19-6-4-18(27)5-7-19)29-24(20)16-3-9-22-23(13-16)35-15-34-22/h2-9,12-13H,10-11,14-15H2,1H3,(H,28,31)/t26-/m1/s1. The molecule has 3 aromatic carbocycles. The van der Waals surface area contributed by atoms with Crippen LogP contribution in [-0.4, -0.2) is 47.9 Å². The number of nitrogens with zero attached hydrogens (tertiary/aromatic N) is 2. The van der Waals surface area contributed by atoms with Crippen LogP contribution in [0.5, 0.6) is 11.5 Å². The minimum atomic E-state index is -3.17. The summed E-state index contributed by atoms with van der Waals surface area (Å²) in [6, 6.07) is 16.7. The quantitative estimate of drug-likeness (QED) is 0.450. The van der Waals surface area contributed by atoms with E-state index in [4.69, 9.17) is 14.6 Å². The van der Waals surface area contributed by atoms with Crippen LogP contribution < -0.4 is 14.8 Å². The van der Waals surface area contributed by atoms with Gasteiger partial charge in [-0.1, -0.05) is 0 Å². The van der Waals surface area contributed by atoms with Gasteiger partial charge in [-0.3, -0.25) is 4.79 Å². The third kappa shape index (κ3) is 3.97. The monoisotopic (exact) mass is 507 g/mol. The normalized spacial score (nSPS) is 20.1. The van der Waals surface area contributed by atoms with E-state index in [9.17, 15) is 17.6 Å². The molecule has 2 aliphatic heterocycles. The average Bonchev–Trinajstić information content (AvgIpc) is 3.53. The lowest BCUT2D eigenvalue weighted by molar-refractivity contribution is 0.0915. The molecule has 36 heavy (non-hydrogen) atoms. The lowest BCUT2D eigenvalue weighted by Crippen LogP contribution is -2.46. The van der Waals surface area contributed by atoms with Crippen LogP contribution in [-0.2, 0) is 9.84 Å². The van der Waals surface area contributed by atoms with Crippen molar-refractivity contribution in [2.45, 2.75) is 18.9 Å². The number of sulfone groups is 1. The Balaban J connectivity index is 1.44. The first kappa shape index (κ1) is 22.5. The van der Waals surface area contributed by atoms with Gasteiger partial charge in [0.05, 0.1) is 28.2 Å². The van der Waals surface area contributed by atoms with E-state index >= 15 is 0 Å². The summed E-state index contributed by atoms with van der Waals surface area (Å²) in [5.41, 5.74) is 2.28. The second-order valence-corrected chi connectivity index (χ2v) is 11.6. The number of carbonyl (C=O) groups excluding carboxylic acids is 1. The summed E-state index contributed by atoms with van der Waals surface area (Å²) < 4.78 is 50.1. The first-order valence-corrected chi connectivity index (χ1v) is 13.2. The van der Waals surface area contributed by atoms with Gasteiger partial charge in [0.25, 0.3) is 5.91 Å². The molecule has 0 radical (unpaired) electrons. The van der Waals surface area contributed by atoms with Crippen LogP contribution in [0.1, 0.15) is 23.7 Å². The van der Waals surface area contributed by atoms with E-state index in [-0.39, 0.29) is 30.0 Å². The number of nitrogens with one attached hydrogen (secondary N) is 1. The highest BCUT2D eigenvalue weighted by Gasteiger charge is 2.39. The second kappa shape index (κ2) is 8.06. The maximum Gasteiger partial charge on any atom is 0.251 e. The molecule has 0 unspecified atom stereocenters. The van der Waals surface area contributed by atoms with E-state index in [1.54, 1.807) is 35.9 Å². The molecule has 4 aromatic rings. The summed E-state index contributed by atoms with van der Waals surface area (Å²) >= 11 is 0. The van der Waals surface area contributed by atoms with Crippen LogP contribution in [0.3, 0.4) is 0 Å². The number of amides is 1. The molecule has 6 rings (SSSR count). The number of hydrogen-bond donors (Lipinski definition) is 1. The Labute approximate surface area is 206 Å². The number of hydrogen-bond acceptors (Lipinski definition) is 6. The van der Waals surface area contributed by atoms with Gasteiger partial charge in [0, 0.05) is 16.5 Å². The molecule has 3 heterocycles. The summed E-state index contributed by atoms with van der Waals surface area (Å²) in [5.74, 6) is 0.503. The van der Waals surface area contributed by atoms with Crippen LogP contribution in [0.25, 0.3) is 27.8 Å². The first-order valence-electron chi connectivity index (χ1n) is 11.4. The van der Waals surface area contributed by atoms with Crippen LogP contribution in [0.15, 0.2) is 60.7 Å². The molecule has 1 atom stereocenters. The number of aromatic nitrogens is 2. The fourth-order valence-corrected chi connectivity index (χ4v) is 6.84. The number of fused-ring (bicyclic) bond motifs is 2. The van der Waals surface area contributed by atoms with E-state index < -0.39 is 15.4 Å². The molecule has 184 valence electrons. The van der Waals surface area contributed by atoms with Crippen molar-refractivity contribution in [1.29, 1.82) is 0 Å². The second-order valence-electron chi connectivity index (χ2n) is 9.39. The van der Waals surface area contributed by atoms with Gasteiger partial charge < -0.3 is 14.8 Å². The van der Waals surface area contributed by atoms with Crippen molar-refractivity contribution in [2.24, 2.45) is 0 Å². The van der Waals surface area contributed by atoms with Crippen LogP contribution in [0, 0.1) is 5.82 Å². The third-order valence-electron chi connectivity index (χ3n) is 6.58. The molecule has 10 heteroatoms. The molecular formula is C26H22FN3O5S. The van der Waals surface area contributed by atoms with Crippen LogP contribution in [0.2, 0.25) is 0 Å². The van der Waals surface area contributed by atoms with Crippen molar-refractivity contribution in [1.82, 2.24) is 15.1 Å². The highest BCUT2D eigenvalue weighted by molar-refractivity contribution is 7.91. The number of halogens is 1. The zero-order chi connectivity index (χ0) is 25.1. The number of benzene rings is 3. The Morgan fingerprint density at radius 3 is 2.58 bits per heavy atom. The summed E-state index contributed by atoms with van der Waals surface area (Å²) in [4.78, 5) is 13.1. The fraction of sp³-hybridized carbons (Fsp3) is 0.231. The molecule has 1 saturated heterocycles. The van der Waals surface area contributed by atoms with Crippen LogP contribution >= 0.6 is 0 Å². The zero-order valence-corrected chi connectivity index (χ0v) is 20.1. The molecule has 1 aromatic heterocycles. The highest BCUT2D eigenvalue weighted by atomic mass is 32.2. The van der Waals surface area contributed by atoms with Gasteiger partial charge in [-0.2, -0.15) is 5.10 Å². The van der Waals surface area contributed by atoms with Gasteiger partial charge in [-0.05, 0) is 74.0 Å². The molecular weight excluding hydrogens is 485 g/mol. The molecule has 0 aliphatic carbocycles. The predicted molar refractivity (Wildman–Crippen MR) is 132 cm³/mol. The minimum absolute atomic E-state index is 0.0546. The van der Waals surface area contributed by atoms with Crippen molar-refractivity contribution < 1.29 is 27.1 Å². The van der Waals surface area contributed by atoms with E-state index in [1.165, 1.54) is 12.1 Å². The van der Waals surface area contributed by atoms with E-state index in [2.05, 4.69) is 5.32 Å². The summed E-state index contributed by atoms with van der Waals surface area (Å²) in [6.07, 6.45) is 0.366. The largest absolute Gasteiger partial charge is 0.454 e. The Hall–Kier alpha value is -3.92. The topological polar surface area (TPSA) is 99.5 Å². The number of ether oxygens (including phenoxy) is 2. The van der Waals surface area contributed by atoms with Crippen molar-refractivity contribution in [3.05, 3.63) is 72.0 Å². The Kier molecular flexibility index (Phi) is 5.04. The first-order chi connectivity index (χ1) is 17.2. The van der Waals surface area contributed by atoms with Gasteiger partial charge in [0.2, 0.25) is 6.79 Å². The highest BCUT2D eigenvalue weighted by Crippen LogP contribution is 2.38. The third-order valence-corrected chi connectivity index (χ3v) is 8.48. The van der Waals surface area contributed by atoms with Gasteiger partial charge in [-0.25, -0.2) is 17.5 Å². The molecule has 0 saturated carbocycles. The van der Waals surface area contributed by atoms with E-state index in [0.717, 1.165) is 10.9 Å². The van der Waals surface area contributed by atoms with Gasteiger partial charge >= 0.3 is 0 Å². The maximum atomic E-state index is 13.6. The SMILES string of the molecule is C[C@@]1(NC(=O)c2ccc3c(-c4ccc5c(c4)OCO5)nn(-c4ccc(F)cc4)c3c2)CCS(=O)(=O)C1. The molecule has 1 N–H and O–H groups in total. The van der Waals surface area contributed by atoms with Gasteiger partial charge in [0.1, 0.15) is 11.5 Å². The Bertz CT molecular complexity index is 1630. The Morgan fingerprint density at radius 1 is 1.06 bits per heavy atom. The molecule has 2 aliphatic rings. The fourth-order valence-electron chi connectivity index (χ4n) is 4.75. The maximum absolute atomic E-state index is 13.6. The lowest BCUT2D eigenvalue weighted by Gasteiger charge is -2.23. The van der Waals surface area contributed by atoms with E-state index in [1.807, 2.05) is 24.3 Å². The molecule has 0 bridgehead atoms. The summed E-state index contributed by atoms with van der Waals surface area (Å²) in [6.45, 7) is 1.90. The average molecular weight is 508 g/mol. The lowest BCUT2D eigenvalue weighted by atomic mass is 10.0. The van der Waals surface area contributed by atoms with Crippen molar-refractivity contribution in [2.75, 3.05) is 18.3 Å². The summed E-state index contributed by atoms with van der Waals surface area (Å²) in [5, 5.41) is 8.49. The summed E-state index contributed by atoms with van der Waals surface area (Å²) in [7, 11) is -3.17. The van der Waals surface area contributed by atoms with E-state index in [0.29, 0.717) is 40.4 Å². The number of carbonyl (C=O) groups is 1. The van der Waals surface area contributed by atoms with Gasteiger partial charge in [-0.15, -0.1) is 0 Å². The van der Waals surface area contributed by atoms with Crippen molar-refractivity contribution in [3.8, 4) is 28.4 Å². The Morgan fingerprint density at radius 2 is 1.83 bits per heavy atom. The van der Waals surface area contributed by atoms with Gasteiger partial charge in [0.15, 0.2) is 21.3 Å².